The third-order valence-corrected chi connectivity index (χ3v) is 4.43. The van der Waals surface area contributed by atoms with Crippen LogP contribution >= 0.6 is 27.5 Å². The average molecular weight is 425 g/mol. The van der Waals surface area contributed by atoms with Crippen LogP contribution in [0.5, 0.6) is 0 Å². The van der Waals surface area contributed by atoms with E-state index in [2.05, 4.69) is 31.9 Å². The van der Waals surface area contributed by atoms with E-state index in [9.17, 15) is 9.59 Å². The third kappa shape index (κ3) is 5.76. The van der Waals surface area contributed by atoms with E-state index < -0.39 is 6.03 Å². The van der Waals surface area contributed by atoms with Gasteiger partial charge in [0.05, 0.1) is 12.6 Å². The van der Waals surface area contributed by atoms with Crippen LogP contribution in [0.15, 0.2) is 46.9 Å². The Labute approximate surface area is 160 Å². The van der Waals surface area contributed by atoms with Gasteiger partial charge in [-0.2, -0.15) is 0 Å². The zero-order chi connectivity index (χ0) is 18.4. The predicted octanol–water partition coefficient (Wildman–Crippen LogP) is 4.41. The Kier molecular flexibility index (Phi) is 6.84. The molecule has 0 spiro atoms. The van der Waals surface area contributed by atoms with Crippen molar-refractivity contribution in [2.45, 2.75) is 19.9 Å². The van der Waals surface area contributed by atoms with Crippen LogP contribution in [-0.4, -0.2) is 18.5 Å². The number of urea groups is 1. The SMILES string of the molecule is Cc1cc(Br)ccc1NC(=O)CNC(=O)N[C@H](C)c1ccccc1Cl. The molecule has 0 radical (unpaired) electrons. The minimum Gasteiger partial charge on any atom is -0.332 e. The summed E-state index contributed by atoms with van der Waals surface area (Å²) in [5.74, 6) is -0.300. The van der Waals surface area contributed by atoms with E-state index >= 15 is 0 Å². The molecular weight excluding hydrogens is 406 g/mol. The molecule has 0 saturated heterocycles. The van der Waals surface area contributed by atoms with Crippen LogP contribution in [0.4, 0.5) is 10.5 Å². The molecule has 0 aliphatic heterocycles. The van der Waals surface area contributed by atoms with Gasteiger partial charge in [0.2, 0.25) is 5.91 Å². The Morgan fingerprint density at radius 1 is 1.20 bits per heavy atom. The first kappa shape index (κ1) is 19.3. The second kappa shape index (κ2) is 8.87. The summed E-state index contributed by atoms with van der Waals surface area (Å²) in [5, 5.41) is 8.64. The molecule has 0 bridgehead atoms. The van der Waals surface area contributed by atoms with Crippen molar-refractivity contribution >= 4 is 45.2 Å². The summed E-state index contributed by atoms with van der Waals surface area (Å²) in [5.41, 5.74) is 2.45. The fourth-order valence-corrected chi connectivity index (χ4v) is 3.05. The van der Waals surface area contributed by atoms with Gasteiger partial charge in [-0.15, -0.1) is 0 Å². The molecule has 0 unspecified atom stereocenters. The van der Waals surface area contributed by atoms with Crippen molar-refractivity contribution < 1.29 is 9.59 Å². The van der Waals surface area contributed by atoms with E-state index in [-0.39, 0.29) is 18.5 Å². The van der Waals surface area contributed by atoms with Crippen LogP contribution in [0.3, 0.4) is 0 Å². The summed E-state index contributed by atoms with van der Waals surface area (Å²) in [6, 6.07) is 12.1. The number of carbonyl (C=O) groups is 2. The molecular formula is C18H19BrClN3O2. The van der Waals surface area contributed by atoms with Gasteiger partial charge in [0.25, 0.3) is 0 Å². The number of halogens is 2. The van der Waals surface area contributed by atoms with Gasteiger partial charge in [-0.25, -0.2) is 4.79 Å². The molecule has 25 heavy (non-hydrogen) atoms. The topological polar surface area (TPSA) is 70.2 Å². The Morgan fingerprint density at radius 2 is 1.92 bits per heavy atom. The largest absolute Gasteiger partial charge is 0.332 e. The lowest BCUT2D eigenvalue weighted by molar-refractivity contribution is -0.115. The number of nitrogens with one attached hydrogen (secondary N) is 3. The van der Waals surface area contributed by atoms with Crippen LogP contribution in [0, 0.1) is 6.92 Å². The first-order chi connectivity index (χ1) is 11.9. The van der Waals surface area contributed by atoms with Crippen LogP contribution in [0.2, 0.25) is 5.02 Å². The highest BCUT2D eigenvalue weighted by Crippen LogP contribution is 2.22. The van der Waals surface area contributed by atoms with Crippen molar-refractivity contribution in [3.63, 3.8) is 0 Å². The van der Waals surface area contributed by atoms with Gasteiger partial charge in [-0.05, 0) is 49.2 Å². The molecule has 3 amide bonds. The fourth-order valence-electron chi connectivity index (χ4n) is 2.27. The number of amides is 3. The van der Waals surface area contributed by atoms with E-state index in [0.29, 0.717) is 10.7 Å². The lowest BCUT2D eigenvalue weighted by atomic mass is 10.1. The molecule has 2 aromatic carbocycles. The van der Waals surface area contributed by atoms with E-state index in [0.717, 1.165) is 15.6 Å². The molecule has 0 fully saturated rings. The highest BCUT2D eigenvalue weighted by atomic mass is 79.9. The molecule has 0 aromatic heterocycles. The zero-order valence-electron chi connectivity index (χ0n) is 13.9. The van der Waals surface area contributed by atoms with Crippen LogP contribution in [0.1, 0.15) is 24.1 Å². The molecule has 2 rings (SSSR count). The van der Waals surface area contributed by atoms with Crippen molar-refractivity contribution in [2.75, 3.05) is 11.9 Å². The minimum atomic E-state index is -0.435. The molecule has 0 heterocycles. The summed E-state index contributed by atoms with van der Waals surface area (Å²) >= 11 is 9.48. The van der Waals surface area contributed by atoms with Crippen molar-refractivity contribution in [1.82, 2.24) is 10.6 Å². The summed E-state index contributed by atoms with van der Waals surface area (Å²) in [4.78, 5) is 23.9. The zero-order valence-corrected chi connectivity index (χ0v) is 16.2. The first-order valence-corrected chi connectivity index (χ1v) is 8.88. The predicted molar refractivity (Wildman–Crippen MR) is 104 cm³/mol. The maximum Gasteiger partial charge on any atom is 0.315 e. The molecule has 3 N–H and O–H groups in total. The van der Waals surface area contributed by atoms with Gasteiger partial charge in [0.15, 0.2) is 0 Å². The molecule has 2 aromatic rings. The maximum absolute atomic E-state index is 12.0. The monoisotopic (exact) mass is 423 g/mol. The van der Waals surface area contributed by atoms with Gasteiger partial charge in [0.1, 0.15) is 0 Å². The minimum absolute atomic E-state index is 0.128. The van der Waals surface area contributed by atoms with E-state index in [1.165, 1.54) is 0 Å². The smallest absolute Gasteiger partial charge is 0.315 e. The number of carbonyl (C=O) groups excluding carboxylic acids is 2. The quantitative estimate of drug-likeness (QED) is 0.665. The molecule has 0 saturated carbocycles. The molecule has 1 atom stereocenters. The second-order valence-corrected chi connectivity index (χ2v) is 6.90. The Bertz CT molecular complexity index is 783. The van der Waals surface area contributed by atoms with Crippen molar-refractivity contribution in [3.8, 4) is 0 Å². The van der Waals surface area contributed by atoms with Gasteiger partial charge in [-0.3, -0.25) is 4.79 Å². The van der Waals surface area contributed by atoms with Gasteiger partial charge in [-0.1, -0.05) is 45.7 Å². The van der Waals surface area contributed by atoms with Crippen molar-refractivity contribution in [2.24, 2.45) is 0 Å². The Hall–Kier alpha value is -2.05. The third-order valence-electron chi connectivity index (χ3n) is 3.59. The van der Waals surface area contributed by atoms with Crippen molar-refractivity contribution in [3.05, 3.63) is 63.1 Å². The highest BCUT2D eigenvalue weighted by molar-refractivity contribution is 9.10. The van der Waals surface area contributed by atoms with Gasteiger partial charge in [0, 0.05) is 15.2 Å². The Balaban J connectivity index is 1.83. The number of aryl methyl sites for hydroxylation is 1. The van der Waals surface area contributed by atoms with Crippen LogP contribution in [-0.2, 0) is 4.79 Å². The number of hydrogen-bond acceptors (Lipinski definition) is 2. The normalized spacial score (nSPS) is 11.5. The summed E-state index contributed by atoms with van der Waals surface area (Å²) in [6.45, 7) is 3.59. The summed E-state index contributed by atoms with van der Waals surface area (Å²) < 4.78 is 0.939. The van der Waals surface area contributed by atoms with Crippen LogP contribution in [0.25, 0.3) is 0 Å². The van der Waals surface area contributed by atoms with E-state index in [4.69, 9.17) is 11.6 Å². The lowest BCUT2D eigenvalue weighted by Gasteiger charge is -2.16. The maximum atomic E-state index is 12.0. The average Bonchev–Trinajstić information content (AvgIpc) is 2.56. The van der Waals surface area contributed by atoms with Gasteiger partial charge < -0.3 is 16.0 Å². The molecule has 5 nitrogen and oxygen atoms in total. The standard InChI is InChI=1S/C18H19BrClN3O2/c1-11-9-13(19)7-8-16(11)23-17(24)10-21-18(25)22-12(2)14-5-3-4-6-15(14)20/h3-9,12H,10H2,1-2H3,(H,23,24)(H2,21,22,25)/t12-/m1/s1. The first-order valence-electron chi connectivity index (χ1n) is 7.71. The van der Waals surface area contributed by atoms with Gasteiger partial charge >= 0.3 is 6.03 Å². The van der Waals surface area contributed by atoms with Crippen LogP contribution < -0.4 is 16.0 Å². The summed E-state index contributed by atoms with van der Waals surface area (Å²) in [7, 11) is 0. The summed E-state index contributed by atoms with van der Waals surface area (Å²) in [6.07, 6.45) is 0. The molecule has 7 heteroatoms. The van der Waals surface area contributed by atoms with E-state index in [1.807, 2.05) is 44.2 Å². The lowest BCUT2D eigenvalue weighted by Crippen LogP contribution is -2.41. The number of hydrogen-bond donors (Lipinski definition) is 3. The fraction of sp³-hybridized carbons (Fsp3) is 0.222. The highest BCUT2D eigenvalue weighted by Gasteiger charge is 2.13. The Morgan fingerprint density at radius 3 is 2.60 bits per heavy atom. The molecule has 132 valence electrons. The number of benzene rings is 2. The van der Waals surface area contributed by atoms with E-state index in [1.54, 1.807) is 12.1 Å². The second-order valence-electron chi connectivity index (χ2n) is 5.58. The number of rotatable bonds is 5. The number of anilines is 1. The molecule has 0 aliphatic carbocycles. The molecule has 0 aliphatic rings. The van der Waals surface area contributed by atoms with Crippen molar-refractivity contribution in [1.29, 1.82) is 0 Å².